The van der Waals surface area contributed by atoms with Crippen LogP contribution in [0.4, 0.5) is 5.69 Å². The molecule has 0 aromatic heterocycles. The molecule has 38 heavy (non-hydrogen) atoms. The first kappa shape index (κ1) is 29.3. The Morgan fingerprint density at radius 2 is 1.63 bits per heavy atom. The van der Waals surface area contributed by atoms with Gasteiger partial charge in [-0.25, -0.2) is 8.42 Å². The first-order valence-electron chi connectivity index (χ1n) is 11.8. The molecule has 0 heterocycles. The van der Waals surface area contributed by atoms with Gasteiger partial charge in [0.15, 0.2) is 0 Å². The first-order valence-corrected chi connectivity index (χ1v) is 14.0. The molecule has 0 aliphatic carbocycles. The maximum atomic E-state index is 13.8. The van der Waals surface area contributed by atoms with Crippen molar-refractivity contribution in [1.82, 2.24) is 10.2 Å². The van der Waals surface area contributed by atoms with Crippen LogP contribution in [0.3, 0.4) is 0 Å². The number of hydrogen-bond donors (Lipinski definition) is 1. The number of likely N-dealkylation sites (N-methyl/N-ethyl adjacent to an activating group) is 1. The van der Waals surface area contributed by atoms with E-state index < -0.39 is 28.5 Å². The normalized spacial score (nSPS) is 11.9. The lowest BCUT2D eigenvalue weighted by molar-refractivity contribution is -0.139. The van der Waals surface area contributed by atoms with Gasteiger partial charge >= 0.3 is 0 Å². The van der Waals surface area contributed by atoms with Gasteiger partial charge in [0, 0.05) is 23.1 Å². The predicted molar refractivity (Wildman–Crippen MR) is 149 cm³/mol. The molecule has 0 fully saturated rings. The lowest BCUT2D eigenvalue weighted by Gasteiger charge is -2.32. The maximum absolute atomic E-state index is 13.8. The number of carbonyl (C=O) groups excluding carboxylic acids is 2. The highest BCUT2D eigenvalue weighted by atomic mass is 35.5. The molecule has 202 valence electrons. The summed E-state index contributed by atoms with van der Waals surface area (Å²) in [6.45, 7) is 3.19. The minimum atomic E-state index is -4.21. The van der Waals surface area contributed by atoms with Crippen molar-refractivity contribution < 1.29 is 22.7 Å². The standard InChI is InChI=1S/C27H29Cl2N3O5S/c1-4-30-27(34)19(2)31(17-20-9-8-10-24(13-20)37-3)26(33)18-32(23-15-21(28)14-22(29)16-23)38(35,36)25-11-6-5-7-12-25/h5-16,19H,4,17-18H2,1-3H3,(H,30,34). The van der Waals surface area contributed by atoms with Gasteiger partial charge in [-0.05, 0) is 61.9 Å². The average Bonchev–Trinajstić information content (AvgIpc) is 2.90. The summed E-state index contributed by atoms with van der Waals surface area (Å²) in [5, 5.41) is 3.13. The fraction of sp³-hybridized carbons (Fsp3) is 0.259. The van der Waals surface area contributed by atoms with E-state index in [-0.39, 0.29) is 33.1 Å². The summed E-state index contributed by atoms with van der Waals surface area (Å²) in [5.74, 6) is -0.378. The van der Waals surface area contributed by atoms with Crippen molar-refractivity contribution >= 4 is 50.7 Å². The van der Waals surface area contributed by atoms with E-state index in [0.29, 0.717) is 17.9 Å². The van der Waals surface area contributed by atoms with Gasteiger partial charge in [-0.15, -0.1) is 0 Å². The van der Waals surface area contributed by atoms with Crippen LogP contribution in [0.15, 0.2) is 77.7 Å². The number of hydrogen-bond acceptors (Lipinski definition) is 5. The lowest BCUT2D eigenvalue weighted by atomic mass is 10.1. The van der Waals surface area contributed by atoms with E-state index in [4.69, 9.17) is 27.9 Å². The predicted octanol–water partition coefficient (Wildman–Crippen LogP) is 4.75. The van der Waals surface area contributed by atoms with E-state index in [2.05, 4.69) is 5.32 Å². The third-order valence-corrected chi connectivity index (χ3v) is 7.98. The number of amides is 2. The Kier molecular flexibility index (Phi) is 10.0. The maximum Gasteiger partial charge on any atom is 0.264 e. The van der Waals surface area contributed by atoms with Gasteiger partial charge in [0.1, 0.15) is 18.3 Å². The molecule has 1 atom stereocenters. The number of anilines is 1. The fourth-order valence-corrected chi connectivity index (χ4v) is 5.74. The van der Waals surface area contributed by atoms with Crippen molar-refractivity contribution in [2.75, 3.05) is 24.5 Å². The van der Waals surface area contributed by atoms with Crippen molar-refractivity contribution in [2.24, 2.45) is 0 Å². The van der Waals surface area contributed by atoms with Crippen molar-refractivity contribution in [3.05, 3.63) is 88.4 Å². The number of carbonyl (C=O) groups is 2. The van der Waals surface area contributed by atoms with Crippen LogP contribution in [-0.2, 0) is 26.2 Å². The van der Waals surface area contributed by atoms with Gasteiger partial charge in [0.05, 0.1) is 17.7 Å². The summed E-state index contributed by atoms with van der Waals surface area (Å²) in [6, 6.07) is 18.2. The molecule has 0 aliphatic rings. The molecule has 3 aromatic rings. The highest BCUT2D eigenvalue weighted by molar-refractivity contribution is 7.92. The fourth-order valence-electron chi connectivity index (χ4n) is 3.80. The molecular formula is C27H29Cl2N3O5S. The van der Waals surface area contributed by atoms with Crippen molar-refractivity contribution in [2.45, 2.75) is 31.3 Å². The molecule has 0 spiro atoms. The molecular weight excluding hydrogens is 549 g/mol. The number of nitrogens with zero attached hydrogens (tertiary/aromatic N) is 2. The lowest BCUT2D eigenvalue weighted by Crippen LogP contribution is -2.51. The van der Waals surface area contributed by atoms with Gasteiger partial charge in [0.2, 0.25) is 11.8 Å². The second-order valence-corrected chi connectivity index (χ2v) is 11.1. The monoisotopic (exact) mass is 577 g/mol. The van der Waals surface area contributed by atoms with E-state index in [1.54, 1.807) is 56.3 Å². The van der Waals surface area contributed by atoms with Crippen molar-refractivity contribution in [1.29, 1.82) is 0 Å². The minimum absolute atomic E-state index is 0.0139. The van der Waals surface area contributed by atoms with Gasteiger partial charge in [-0.1, -0.05) is 53.5 Å². The highest BCUT2D eigenvalue weighted by Crippen LogP contribution is 2.30. The van der Waals surface area contributed by atoms with E-state index in [0.717, 1.165) is 4.31 Å². The zero-order valence-corrected chi connectivity index (χ0v) is 23.6. The van der Waals surface area contributed by atoms with Crippen LogP contribution < -0.4 is 14.4 Å². The zero-order chi connectivity index (χ0) is 27.9. The third kappa shape index (κ3) is 7.18. The van der Waals surface area contributed by atoms with Crippen LogP contribution in [-0.4, -0.2) is 51.4 Å². The summed E-state index contributed by atoms with van der Waals surface area (Å²) in [7, 11) is -2.68. The Balaban J connectivity index is 2.05. The van der Waals surface area contributed by atoms with Gasteiger partial charge in [-0.2, -0.15) is 0 Å². The summed E-state index contributed by atoms with van der Waals surface area (Å²) in [6.07, 6.45) is 0. The summed E-state index contributed by atoms with van der Waals surface area (Å²) in [4.78, 5) is 27.9. The molecule has 0 radical (unpaired) electrons. The Labute approximate surface area is 233 Å². The highest BCUT2D eigenvalue weighted by Gasteiger charge is 2.32. The SMILES string of the molecule is CCNC(=O)C(C)N(Cc1cccc(OC)c1)C(=O)CN(c1cc(Cl)cc(Cl)c1)S(=O)(=O)c1ccccc1. The van der Waals surface area contributed by atoms with Crippen LogP contribution in [0, 0.1) is 0 Å². The van der Waals surface area contributed by atoms with Crippen LogP contribution >= 0.6 is 23.2 Å². The molecule has 3 rings (SSSR count). The quantitative estimate of drug-likeness (QED) is 0.354. The Morgan fingerprint density at radius 3 is 2.24 bits per heavy atom. The Morgan fingerprint density at radius 1 is 0.974 bits per heavy atom. The summed E-state index contributed by atoms with van der Waals surface area (Å²) in [5.41, 5.74) is 0.823. The number of ether oxygens (including phenoxy) is 1. The van der Waals surface area contributed by atoms with Gasteiger partial charge in [-0.3, -0.25) is 13.9 Å². The largest absolute Gasteiger partial charge is 0.497 e. The molecule has 0 bridgehead atoms. The summed E-state index contributed by atoms with van der Waals surface area (Å²) >= 11 is 12.4. The molecule has 0 aliphatic heterocycles. The topological polar surface area (TPSA) is 96.0 Å². The smallest absolute Gasteiger partial charge is 0.264 e. The molecule has 0 saturated carbocycles. The Hall–Kier alpha value is -3.27. The number of benzene rings is 3. The third-order valence-electron chi connectivity index (χ3n) is 5.75. The van der Waals surface area contributed by atoms with Crippen LogP contribution in [0.2, 0.25) is 10.0 Å². The number of nitrogens with one attached hydrogen (secondary N) is 1. The van der Waals surface area contributed by atoms with Gasteiger partial charge < -0.3 is 15.0 Å². The molecule has 1 unspecified atom stereocenters. The molecule has 8 nitrogen and oxygen atoms in total. The molecule has 0 saturated heterocycles. The van der Waals surface area contributed by atoms with Crippen molar-refractivity contribution in [3.8, 4) is 5.75 Å². The van der Waals surface area contributed by atoms with E-state index >= 15 is 0 Å². The number of halogens is 2. The second-order valence-electron chi connectivity index (χ2n) is 8.40. The van der Waals surface area contributed by atoms with Crippen LogP contribution in [0.5, 0.6) is 5.75 Å². The first-order chi connectivity index (χ1) is 18.1. The van der Waals surface area contributed by atoms with E-state index in [1.807, 2.05) is 0 Å². The second kappa shape index (κ2) is 13.0. The molecule has 1 N–H and O–H groups in total. The molecule has 2 amide bonds. The van der Waals surface area contributed by atoms with Crippen LogP contribution in [0.25, 0.3) is 0 Å². The minimum Gasteiger partial charge on any atom is -0.497 e. The number of sulfonamides is 1. The molecule has 3 aromatic carbocycles. The zero-order valence-electron chi connectivity index (χ0n) is 21.2. The van der Waals surface area contributed by atoms with Gasteiger partial charge in [0.25, 0.3) is 10.0 Å². The number of methoxy groups -OCH3 is 1. The average molecular weight is 579 g/mol. The molecule has 11 heteroatoms. The number of rotatable bonds is 11. The van der Waals surface area contributed by atoms with E-state index in [9.17, 15) is 18.0 Å². The van der Waals surface area contributed by atoms with Crippen LogP contribution in [0.1, 0.15) is 19.4 Å². The van der Waals surface area contributed by atoms with E-state index in [1.165, 1.54) is 42.3 Å². The van der Waals surface area contributed by atoms with Crippen molar-refractivity contribution in [3.63, 3.8) is 0 Å². The Bertz CT molecular complexity index is 1370. The summed E-state index contributed by atoms with van der Waals surface area (Å²) < 4.78 is 33.7.